The van der Waals surface area contributed by atoms with Gasteiger partial charge in [-0.05, 0) is 43.4 Å². The number of aromatic nitrogens is 2. The molecule has 19 heavy (non-hydrogen) atoms. The van der Waals surface area contributed by atoms with E-state index in [1.807, 2.05) is 36.7 Å². The molecule has 1 aliphatic heterocycles. The minimum Gasteiger partial charge on any atom is -0.363 e. The Bertz CT molecular complexity index is 552. The fourth-order valence-corrected chi connectivity index (χ4v) is 2.98. The molecule has 0 unspecified atom stereocenters. The van der Waals surface area contributed by atoms with Crippen molar-refractivity contribution in [2.75, 3.05) is 6.54 Å². The molecule has 3 rings (SSSR count). The number of thiocarbonyl (C=S) groups is 1. The first-order chi connectivity index (χ1) is 9.31. The topological polar surface area (TPSA) is 44.0 Å². The molecule has 0 bridgehead atoms. The van der Waals surface area contributed by atoms with Crippen molar-refractivity contribution in [3.63, 3.8) is 0 Å². The SMILES string of the molecule is CCN1C(=S)N[C@H](c2ccccn2)[C@@H]1c1ccc[nH]1. The van der Waals surface area contributed by atoms with Gasteiger partial charge in [-0.3, -0.25) is 4.98 Å². The highest BCUT2D eigenvalue weighted by molar-refractivity contribution is 7.80. The molecule has 1 saturated heterocycles. The smallest absolute Gasteiger partial charge is 0.170 e. The molecule has 3 heterocycles. The fourth-order valence-electron chi connectivity index (χ4n) is 2.61. The molecule has 2 aromatic rings. The zero-order valence-electron chi connectivity index (χ0n) is 10.7. The molecule has 2 N–H and O–H groups in total. The molecule has 0 spiro atoms. The molecule has 1 fully saturated rings. The lowest BCUT2D eigenvalue weighted by Gasteiger charge is -2.25. The van der Waals surface area contributed by atoms with E-state index in [-0.39, 0.29) is 12.1 Å². The number of pyridine rings is 1. The van der Waals surface area contributed by atoms with E-state index in [0.29, 0.717) is 0 Å². The second-order valence-corrected chi connectivity index (χ2v) is 4.92. The Hall–Kier alpha value is -1.88. The minimum absolute atomic E-state index is 0.0901. The Balaban J connectivity index is 2.01. The number of hydrogen-bond acceptors (Lipinski definition) is 2. The van der Waals surface area contributed by atoms with Crippen LogP contribution < -0.4 is 5.32 Å². The maximum atomic E-state index is 5.44. The van der Waals surface area contributed by atoms with Gasteiger partial charge in [0.25, 0.3) is 0 Å². The summed E-state index contributed by atoms with van der Waals surface area (Å²) in [5.41, 5.74) is 2.17. The van der Waals surface area contributed by atoms with E-state index >= 15 is 0 Å². The van der Waals surface area contributed by atoms with Gasteiger partial charge in [0.1, 0.15) is 0 Å². The van der Waals surface area contributed by atoms with E-state index in [0.717, 1.165) is 23.0 Å². The van der Waals surface area contributed by atoms with Crippen molar-refractivity contribution in [2.45, 2.75) is 19.0 Å². The summed E-state index contributed by atoms with van der Waals surface area (Å²) in [6, 6.07) is 10.3. The normalized spacial score (nSPS) is 22.6. The number of rotatable bonds is 3. The van der Waals surface area contributed by atoms with Gasteiger partial charge in [-0.2, -0.15) is 0 Å². The summed E-state index contributed by atoms with van der Waals surface area (Å²) in [4.78, 5) is 9.95. The molecule has 2 aromatic heterocycles. The van der Waals surface area contributed by atoms with Crippen LogP contribution in [-0.4, -0.2) is 26.5 Å². The van der Waals surface area contributed by atoms with Crippen LogP contribution in [0.3, 0.4) is 0 Å². The van der Waals surface area contributed by atoms with Crippen molar-refractivity contribution in [3.8, 4) is 0 Å². The van der Waals surface area contributed by atoms with Crippen LogP contribution in [0.4, 0.5) is 0 Å². The van der Waals surface area contributed by atoms with Crippen LogP contribution in [-0.2, 0) is 0 Å². The first-order valence-corrected chi connectivity index (χ1v) is 6.83. The molecule has 4 nitrogen and oxygen atoms in total. The van der Waals surface area contributed by atoms with Crippen molar-refractivity contribution in [1.29, 1.82) is 0 Å². The van der Waals surface area contributed by atoms with Crippen LogP contribution in [0.25, 0.3) is 0 Å². The first-order valence-electron chi connectivity index (χ1n) is 6.42. The highest BCUT2D eigenvalue weighted by Crippen LogP contribution is 2.37. The zero-order chi connectivity index (χ0) is 13.2. The third-order valence-electron chi connectivity index (χ3n) is 3.48. The predicted molar refractivity (Wildman–Crippen MR) is 78.6 cm³/mol. The number of aromatic amines is 1. The van der Waals surface area contributed by atoms with Gasteiger partial charge in [-0.1, -0.05) is 6.07 Å². The van der Waals surface area contributed by atoms with Crippen molar-refractivity contribution >= 4 is 17.3 Å². The lowest BCUT2D eigenvalue weighted by atomic mass is 10.0. The molecule has 0 amide bonds. The molecule has 2 atom stereocenters. The molecule has 1 aliphatic rings. The standard InChI is InChI=1S/C14H16N4S/c1-2-18-13(11-7-5-9-16-11)12(17-14(18)19)10-6-3-4-8-15-10/h3-9,12-13,16H,2H2,1H3,(H,17,19)/t12-,13+/m1/s1. The van der Waals surface area contributed by atoms with Crippen molar-refractivity contribution < 1.29 is 0 Å². The molecule has 0 aromatic carbocycles. The zero-order valence-corrected chi connectivity index (χ0v) is 11.5. The fraction of sp³-hybridized carbons (Fsp3) is 0.286. The van der Waals surface area contributed by atoms with E-state index in [1.54, 1.807) is 0 Å². The van der Waals surface area contributed by atoms with E-state index in [9.17, 15) is 0 Å². The lowest BCUT2D eigenvalue weighted by molar-refractivity contribution is 0.325. The van der Waals surface area contributed by atoms with Crippen LogP contribution in [0, 0.1) is 0 Å². The molecule has 0 radical (unpaired) electrons. The summed E-state index contributed by atoms with van der Waals surface area (Å²) in [5, 5.41) is 4.17. The van der Waals surface area contributed by atoms with Gasteiger partial charge in [-0.15, -0.1) is 0 Å². The molecular weight excluding hydrogens is 256 g/mol. The van der Waals surface area contributed by atoms with Gasteiger partial charge in [0.2, 0.25) is 0 Å². The number of H-pyrrole nitrogens is 1. The largest absolute Gasteiger partial charge is 0.363 e. The van der Waals surface area contributed by atoms with Gasteiger partial charge >= 0.3 is 0 Å². The van der Waals surface area contributed by atoms with Crippen molar-refractivity contribution in [3.05, 3.63) is 54.1 Å². The number of nitrogens with zero attached hydrogens (tertiary/aromatic N) is 2. The average Bonchev–Trinajstić information content (AvgIpc) is 3.06. The number of likely N-dealkylation sites (N-methyl/N-ethyl adjacent to an activating group) is 1. The average molecular weight is 272 g/mol. The predicted octanol–water partition coefficient (Wildman–Crippen LogP) is 2.40. The van der Waals surface area contributed by atoms with E-state index in [2.05, 4.69) is 33.2 Å². The van der Waals surface area contributed by atoms with Crippen LogP contribution >= 0.6 is 12.2 Å². The monoisotopic (exact) mass is 272 g/mol. The van der Waals surface area contributed by atoms with Gasteiger partial charge in [0, 0.05) is 24.6 Å². The number of nitrogens with one attached hydrogen (secondary N) is 2. The minimum atomic E-state index is 0.0901. The molecule has 0 aliphatic carbocycles. The quantitative estimate of drug-likeness (QED) is 0.842. The summed E-state index contributed by atoms with van der Waals surface area (Å²) in [7, 11) is 0. The second-order valence-electron chi connectivity index (χ2n) is 4.54. The maximum Gasteiger partial charge on any atom is 0.170 e. The van der Waals surface area contributed by atoms with Gasteiger partial charge < -0.3 is 15.2 Å². The molecular formula is C14H16N4S. The Morgan fingerprint density at radius 3 is 2.84 bits per heavy atom. The third kappa shape index (κ3) is 2.10. The summed E-state index contributed by atoms with van der Waals surface area (Å²) < 4.78 is 0. The Morgan fingerprint density at radius 2 is 2.21 bits per heavy atom. The highest BCUT2D eigenvalue weighted by atomic mass is 32.1. The summed E-state index contributed by atoms with van der Waals surface area (Å²) >= 11 is 5.44. The summed E-state index contributed by atoms with van der Waals surface area (Å²) in [6.07, 6.45) is 3.76. The van der Waals surface area contributed by atoms with Crippen LogP contribution in [0.2, 0.25) is 0 Å². The van der Waals surface area contributed by atoms with Crippen molar-refractivity contribution in [2.24, 2.45) is 0 Å². The van der Waals surface area contributed by atoms with Crippen LogP contribution in [0.1, 0.15) is 30.4 Å². The molecule has 0 saturated carbocycles. The highest BCUT2D eigenvalue weighted by Gasteiger charge is 2.39. The van der Waals surface area contributed by atoms with Gasteiger partial charge in [0.05, 0.1) is 17.8 Å². The van der Waals surface area contributed by atoms with Crippen LogP contribution in [0.5, 0.6) is 0 Å². The summed E-state index contributed by atoms with van der Waals surface area (Å²) in [5.74, 6) is 0. The molecule has 98 valence electrons. The Morgan fingerprint density at radius 1 is 1.32 bits per heavy atom. The number of hydrogen-bond donors (Lipinski definition) is 2. The maximum absolute atomic E-state index is 5.44. The lowest BCUT2D eigenvalue weighted by Crippen LogP contribution is -2.29. The first kappa shape index (κ1) is 12.2. The van der Waals surface area contributed by atoms with E-state index < -0.39 is 0 Å². The van der Waals surface area contributed by atoms with Crippen molar-refractivity contribution in [1.82, 2.24) is 20.2 Å². The Labute approximate surface area is 117 Å². The van der Waals surface area contributed by atoms with Gasteiger partial charge in [-0.25, -0.2) is 0 Å². The van der Waals surface area contributed by atoms with Gasteiger partial charge in [0.15, 0.2) is 5.11 Å². The Kier molecular flexibility index (Phi) is 3.21. The summed E-state index contributed by atoms with van der Waals surface area (Å²) in [6.45, 7) is 2.99. The second kappa shape index (κ2) is 5.01. The molecule has 5 heteroatoms. The van der Waals surface area contributed by atoms with E-state index in [1.165, 1.54) is 0 Å². The third-order valence-corrected chi connectivity index (χ3v) is 3.83. The van der Waals surface area contributed by atoms with E-state index in [4.69, 9.17) is 12.2 Å². The van der Waals surface area contributed by atoms with Crippen LogP contribution in [0.15, 0.2) is 42.7 Å².